The second kappa shape index (κ2) is 8.03. The number of benzene rings is 1. The van der Waals surface area contributed by atoms with E-state index >= 15 is 0 Å². The molecule has 26 heavy (non-hydrogen) atoms. The van der Waals surface area contributed by atoms with E-state index in [0.29, 0.717) is 18.3 Å². The lowest BCUT2D eigenvalue weighted by Crippen LogP contribution is -2.22. The summed E-state index contributed by atoms with van der Waals surface area (Å²) in [7, 11) is -2.95. The van der Waals surface area contributed by atoms with Gasteiger partial charge in [-0.1, -0.05) is 44.2 Å². The molecule has 3 rings (SSSR count). The van der Waals surface area contributed by atoms with Gasteiger partial charge in [0.25, 0.3) is 0 Å². The van der Waals surface area contributed by atoms with Crippen LogP contribution >= 0.6 is 0 Å². The minimum Gasteiger partial charge on any atom is -0.370 e. The molecule has 0 saturated carbocycles. The Bertz CT molecular complexity index is 838. The summed E-state index contributed by atoms with van der Waals surface area (Å²) in [5.41, 5.74) is 1.82. The van der Waals surface area contributed by atoms with Gasteiger partial charge < -0.3 is 10.6 Å². The van der Waals surface area contributed by atoms with Gasteiger partial charge in [0, 0.05) is 24.2 Å². The topological polar surface area (TPSA) is 84.0 Å². The van der Waals surface area contributed by atoms with Crippen LogP contribution in [0.2, 0.25) is 0 Å². The summed E-state index contributed by atoms with van der Waals surface area (Å²) in [5.74, 6) is 2.20. The third-order valence-corrected chi connectivity index (χ3v) is 6.16. The number of hydrogen-bond donors (Lipinski definition) is 2. The molecular weight excluding hydrogens is 348 g/mol. The average Bonchev–Trinajstić information content (AvgIpc) is 2.93. The van der Waals surface area contributed by atoms with Crippen LogP contribution in [0.25, 0.3) is 11.3 Å². The summed E-state index contributed by atoms with van der Waals surface area (Å²) in [6.07, 6.45) is 1.64. The predicted molar refractivity (Wildman–Crippen MR) is 106 cm³/mol. The largest absolute Gasteiger partial charge is 0.370 e. The number of nitrogens with one attached hydrogen (secondary N) is 2. The van der Waals surface area contributed by atoms with Gasteiger partial charge in [-0.15, -0.1) is 0 Å². The van der Waals surface area contributed by atoms with E-state index in [1.54, 1.807) is 0 Å². The summed E-state index contributed by atoms with van der Waals surface area (Å²) in [5, 5.41) is 6.56. The smallest absolute Gasteiger partial charge is 0.225 e. The van der Waals surface area contributed by atoms with E-state index < -0.39 is 9.84 Å². The second-order valence-corrected chi connectivity index (χ2v) is 9.41. The van der Waals surface area contributed by atoms with Gasteiger partial charge in [0.15, 0.2) is 9.84 Å². The van der Waals surface area contributed by atoms with Crippen LogP contribution in [0.4, 0.5) is 11.8 Å². The van der Waals surface area contributed by atoms with Crippen LogP contribution in [0.3, 0.4) is 0 Å². The Labute approximate surface area is 155 Å². The Morgan fingerprint density at radius 1 is 1.19 bits per heavy atom. The van der Waals surface area contributed by atoms with Crippen LogP contribution in [0.1, 0.15) is 26.7 Å². The molecule has 7 heteroatoms. The molecular formula is C19H26N4O2S. The van der Waals surface area contributed by atoms with Gasteiger partial charge in [-0.05, 0) is 18.8 Å². The van der Waals surface area contributed by atoms with E-state index in [-0.39, 0.29) is 17.5 Å². The monoisotopic (exact) mass is 374 g/mol. The van der Waals surface area contributed by atoms with Crippen molar-refractivity contribution in [2.75, 3.05) is 28.7 Å². The van der Waals surface area contributed by atoms with Gasteiger partial charge in [-0.25, -0.2) is 13.4 Å². The highest BCUT2D eigenvalue weighted by Crippen LogP contribution is 2.23. The molecule has 0 amide bonds. The normalized spacial score (nSPS) is 18.8. The summed E-state index contributed by atoms with van der Waals surface area (Å²) < 4.78 is 23.4. The molecule has 2 aromatic rings. The highest BCUT2D eigenvalue weighted by molar-refractivity contribution is 7.91. The molecule has 0 aliphatic carbocycles. The van der Waals surface area contributed by atoms with Gasteiger partial charge >= 0.3 is 0 Å². The minimum absolute atomic E-state index is 0.130. The van der Waals surface area contributed by atoms with Crippen molar-refractivity contribution >= 4 is 21.6 Å². The molecule has 1 aliphatic heterocycles. The maximum Gasteiger partial charge on any atom is 0.225 e. The Morgan fingerprint density at radius 2 is 1.96 bits per heavy atom. The van der Waals surface area contributed by atoms with Crippen molar-refractivity contribution in [3.8, 4) is 11.3 Å². The summed E-state index contributed by atoms with van der Waals surface area (Å²) >= 11 is 0. The standard InChI is InChI=1S/C19H26N4O2S/c1-14(2)8-10-20-18-12-17(15-6-4-3-5-7-15)22-19(23-18)21-16-9-11-26(24,25)13-16/h3-7,12,14,16H,8-11,13H2,1-2H3,(H2,20,21,22,23). The average molecular weight is 375 g/mol. The zero-order valence-electron chi connectivity index (χ0n) is 15.3. The lowest BCUT2D eigenvalue weighted by atomic mass is 10.1. The molecule has 1 unspecified atom stereocenters. The van der Waals surface area contributed by atoms with E-state index in [1.807, 2.05) is 36.4 Å². The van der Waals surface area contributed by atoms with Crippen molar-refractivity contribution in [3.05, 3.63) is 36.4 Å². The Morgan fingerprint density at radius 3 is 2.62 bits per heavy atom. The van der Waals surface area contributed by atoms with Crippen LogP contribution in [-0.4, -0.2) is 42.5 Å². The molecule has 2 N–H and O–H groups in total. The first kappa shape index (κ1) is 18.6. The van der Waals surface area contributed by atoms with E-state index in [2.05, 4.69) is 34.4 Å². The van der Waals surface area contributed by atoms with Crippen molar-refractivity contribution < 1.29 is 8.42 Å². The van der Waals surface area contributed by atoms with E-state index in [0.717, 1.165) is 30.0 Å². The van der Waals surface area contributed by atoms with Crippen molar-refractivity contribution in [1.29, 1.82) is 0 Å². The van der Waals surface area contributed by atoms with Crippen LogP contribution in [0.15, 0.2) is 36.4 Å². The molecule has 1 fully saturated rings. The number of sulfone groups is 1. The minimum atomic E-state index is -2.95. The fourth-order valence-electron chi connectivity index (χ4n) is 2.94. The molecule has 0 spiro atoms. The third kappa shape index (κ3) is 5.17. The maximum atomic E-state index is 11.7. The first-order chi connectivity index (χ1) is 12.4. The van der Waals surface area contributed by atoms with Crippen LogP contribution < -0.4 is 10.6 Å². The highest BCUT2D eigenvalue weighted by Gasteiger charge is 2.28. The fourth-order valence-corrected chi connectivity index (χ4v) is 4.61. The molecule has 1 aromatic heterocycles. The van der Waals surface area contributed by atoms with Crippen molar-refractivity contribution in [1.82, 2.24) is 9.97 Å². The summed E-state index contributed by atoms with van der Waals surface area (Å²) in [6, 6.07) is 11.7. The van der Waals surface area contributed by atoms with E-state index in [9.17, 15) is 8.42 Å². The van der Waals surface area contributed by atoms with Gasteiger partial charge in [-0.3, -0.25) is 0 Å². The number of rotatable bonds is 7. The van der Waals surface area contributed by atoms with Crippen molar-refractivity contribution in [2.45, 2.75) is 32.7 Å². The van der Waals surface area contributed by atoms with Crippen LogP contribution in [-0.2, 0) is 9.84 Å². The molecule has 0 radical (unpaired) electrons. The van der Waals surface area contributed by atoms with Crippen LogP contribution in [0, 0.1) is 5.92 Å². The fraction of sp³-hybridized carbons (Fsp3) is 0.474. The lowest BCUT2D eigenvalue weighted by Gasteiger charge is -2.14. The first-order valence-corrected chi connectivity index (χ1v) is 10.9. The number of nitrogens with zero attached hydrogens (tertiary/aromatic N) is 2. The maximum absolute atomic E-state index is 11.7. The molecule has 0 bridgehead atoms. The Balaban J connectivity index is 1.82. The van der Waals surface area contributed by atoms with Gasteiger partial charge in [0.05, 0.1) is 17.2 Å². The quantitative estimate of drug-likeness (QED) is 0.774. The molecule has 6 nitrogen and oxygen atoms in total. The van der Waals surface area contributed by atoms with E-state index in [4.69, 9.17) is 0 Å². The first-order valence-electron chi connectivity index (χ1n) is 9.06. The van der Waals surface area contributed by atoms with Gasteiger partial charge in [0.1, 0.15) is 5.82 Å². The molecule has 1 aromatic carbocycles. The van der Waals surface area contributed by atoms with Crippen molar-refractivity contribution in [3.63, 3.8) is 0 Å². The number of anilines is 2. The lowest BCUT2D eigenvalue weighted by molar-refractivity contribution is 0.602. The predicted octanol–water partition coefficient (Wildman–Crippen LogP) is 3.20. The molecule has 2 heterocycles. The number of hydrogen-bond acceptors (Lipinski definition) is 6. The molecule has 1 aliphatic rings. The zero-order valence-corrected chi connectivity index (χ0v) is 16.1. The molecule has 140 valence electrons. The Hall–Kier alpha value is -2.15. The van der Waals surface area contributed by atoms with Crippen LogP contribution in [0.5, 0.6) is 0 Å². The second-order valence-electron chi connectivity index (χ2n) is 7.18. The summed E-state index contributed by atoms with van der Waals surface area (Å²) in [4.78, 5) is 9.14. The van der Waals surface area contributed by atoms with E-state index in [1.165, 1.54) is 0 Å². The molecule has 1 saturated heterocycles. The zero-order chi connectivity index (χ0) is 18.6. The number of aromatic nitrogens is 2. The van der Waals surface area contributed by atoms with Gasteiger partial charge in [-0.2, -0.15) is 4.98 Å². The highest BCUT2D eigenvalue weighted by atomic mass is 32.2. The summed E-state index contributed by atoms with van der Waals surface area (Å²) in [6.45, 7) is 5.20. The Kier molecular flexibility index (Phi) is 5.76. The third-order valence-electron chi connectivity index (χ3n) is 4.39. The van der Waals surface area contributed by atoms with Gasteiger partial charge in [0.2, 0.25) is 5.95 Å². The SMILES string of the molecule is CC(C)CCNc1cc(-c2ccccc2)nc(NC2CCS(=O)(=O)C2)n1. The van der Waals surface area contributed by atoms with Crippen molar-refractivity contribution in [2.24, 2.45) is 5.92 Å². The molecule has 1 atom stereocenters.